The van der Waals surface area contributed by atoms with Gasteiger partial charge >= 0.3 is 23.9 Å². The highest BCUT2D eigenvalue weighted by Crippen LogP contribution is 2.30. The van der Waals surface area contributed by atoms with Gasteiger partial charge in [0.2, 0.25) is 0 Å². The highest BCUT2D eigenvalue weighted by atomic mass is 16.7. The first-order chi connectivity index (χ1) is 13.6. The van der Waals surface area contributed by atoms with E-state index in [1.165, 1.54) is 6.92 Å². The summed E-state index contributed by atoms with van der Waals surface area (Å²) in [5.41, 5.74) is 0. The number of terminal acetylenes is 1. The molecular formula is C19H26O10. The highest BCUT2D eigenvalue weighted by Gasteiger charge is 2.52. The molecule has 1 saturated heterocycles. The van der Waals surface area contributed by atoms with E-state index in [1.54, 1.807) is 0 Å². The second-order valence-corrected chi connectivity index (χ2v) is 6.25. The number of hydrogen-bond donors (Lipinski definition) is 0. The van der Waals surface area contributed by atoms with Crippen LogP contribution in [0.3, 0.4) is 0 Å². The first kappa shape index (κ1) is 24.4. The van der Waals surface area contributed by atoms with Crippen LogP contribution in [0.5, 0.6) is 0 Å². The zero-order chi connectivity index (χ0) is 22.0. The lowest BCUT2D eigenvalue weighted by Gasteiger charge is -2.44. The summed E-state index contributed by atoms with van der Waals surface area (Å²) in [7, 11) is 0. The van der Waals surface area contributed by atoms with E-state index in [-0.39, 0.29) is 13.2 Å². The average molecular weight is 414 g/mol. The quantitative estimate of drug-likeness (QED) is 0.228. The zero-order valence-electron chi connectivity index (χ0n) is 16.9. The van der Waals surface area contributed by atoms with Crippen molar-refractivity contribution in [2.45, 2.75) is 71.2 Å². The van der Waals surface area contributed by atoms with Crippen LogP contribution in [0, 0.1) is 12.3 Å². The third-order valence-corrected chi connectivity index (χ3v) is 3.70. The van der Waals surface area contributed by atoms with E-state index in [0.717, 1.165) is 20.8 Å². The molecule has 1 heterocycles. The van der Waals surface area contributed by atoms with Gasteiger partial charge < -0.3 is 28.4 Å². The normalized spacial score (nSPS) is 26.0. The lowest BCUT2D eigenvalue weighted by Crippen LogP contribution is -2.63. The Labute approximate surface area is 169 Å². The molecule has 0 radical (unpaired) electrons. The van der Waals surface area contributed by atoms with E-state index in [0.29, 0.717) is 12.8 Å². The fraction of sp³-hybridized carbons (Fsp3) is 0.684. The monoisotopic (exact) mass is 414 g/mol. The fourth-order valence-corrected chi connectivity index (χ4v) is 2.70. The molecule has 0 spiro atoms. The maximum absolute atomic E-state index is 11.7. The molecular weight excluding hydrogens is 388 g/mol. The summed E-state index contributed by atoms with van der Waals surface area (Å²) in [4.78, 5) is 46.1. The Bertz CT molecular complexity index is 637. The number of ether oxygens (including phenoxy) is 6. The predicted octanol–water partition coefficient (Wildman–Crippen LogP) is 0.500. The molecule has 1 fully saturated rings. The number of hydrogen-bond acceptors (Lipinski definition) is 10. The molecule has 29 heavy (non-hydrogen) atoms. The van der Waals surface area contributed by atoms with Gasteiger partial charge in [0.15, 0.2) is 24.6 Å². The molecule has 0 aliphatic carbocycles. The van der Waals surface area contributed by atoms with Crippen LogP contribution in [0.15, 0.2) is 0 Å². The van der Waals surface area contributed by atoms with E-state index in [4.69, 9.17) is 34.8 Å². The molecule has 162 valence electrons. The van der Waals surface area contributed by atoms with Gasteiger partial charge in [0.05, 0.1) is 6.61 Å². The van der Waals surface area contributed by atoms with Crippen molar-refractivity contribution in [2.24, 2.45) is 0 Å². The van der Waals surface area contributed by atoms with Crippen LogP contribution in [-0.4, -0.2) is 67.8 Å². The van der Waals surface area contributed by atoms with Crippen LogP contribution in [-0.2, 0) is 47.6 Å². The molecule has 0 aromatic heterocycles. The molecule has 0 aromatic carbocycles. The van der Waals surface area contributed by atoms with Crippen LogP contribution in [0.4, 0.5) is 0 Å². The summed E-state index contributed by atoms with van der Waals surface area (Å²) in [6.45, 7) is 4.51. The van der Waals surface area contributed by atoms with Crippen LogP contribution < -0.4 is 0 Å². The van der Waals surface area contributed by atoms with E-state index < -0.39 is 54.6 Å². The van der Waals surface area contributed by atoms with Gasteiger partial charge in [0.25, 0.3) is 0 Å². The molecule has 1 rings (SSSR count). The summed E-state index contributed by atoms with van der Waals surface area (Å²) in [5.74, 6) is -0.214. The molecule has 1 unspecified atom stereocenters. The minimum Gasteiger partial charge on any atom is -0.463 e. The van der Waals surface area contributed by atoms with Crippen molar-refractivity contribution >= 4 is 23.9 Å². The summed E-state index contributed by atoms with van der Waals surface area (Å²) in [5, 5.41) is 0. The average Bonchev–Trinajstić information content (AvgIpc) is 2.60. The van der Waals surface area contributed by atoms with Crippen molar-refractivity contribution in [3.8, 4) is 12.3 Å². The first-order valence-electron chi connectivity index (χ1n) is 9.01. The van der Waals surface area contributed by atoms with Gasteiger partial charge in [-0.3, -0.25) is 19.2 Å². The summed E-state index contributed by atoms with van der Waals surface area (Å²) >= 11 is 0. The Kier molecular flexibility index (Phi) is 10.1. The lowest BCUT2D eigenvalue weighted by atomic mass is 9.98. The Balaban J connectivity index is 3.19. The van der Waals surface area contributed by atoms with Gasteiger partial charge in [-0.05, 0) is 6.42 Å². The molecule has 0 bridgehead atoms. The van der Waals surface area contributed by atoms with Crippen LogP contribution in [0.2, 0.25) is 0 Å². The Morgan fingerprint density at radius 3 is 1.93 bits per heavy atom. The van der Waals surface area contributed by atoms with E-state index >= 15 is 0 Å². The number of esters is 4. The van der Waals surface area contributed by atoms with Crippen LogP contribution in [0.25, 0.3) is 0 Å². The molecule has 10 heteroatoms. The number of carbonyl (C=O) groups excluding carboxylic acids is 4. The molecule has 0 saturated carbocycles. The Morgan fingerprint density at radius 1 is 0.862 bits per heavy atom. The second-order valence-electron chi connectivity index (χ2n) is 6.25. The van der Waals surface area contributed by atoms with Crippen LogP contribution >= 0.6 is 0 Å². The number of rotatable bonds is 9. The third kappa shape index (κ3) is 8.50. The number of unbranched alkanes of at least 4 members (excludes halogenated alkanes) is 1. The van der Waals surface area contributed by atoms with E-state index in [1.807, 2.05) is 0 Å². The zero-order valence-corrected chi connectivity index (χ0v) is 16.9. The van der Waals surface area contributed by atoms with Gasteiger partial charge in [-0.1, -0.05) is 0 Å². The second kappa shape index (κ2) is 12.0. The van der Waals surface area contributed by atoms with Crippen molar-refractivity contribution in [1.82, 2.24) is 0 Å². The summed E-state index contributed by atoms with van der Waals surface area (Å²) < 4.78 is 32.1. The number of carbonyl (C=O) groups is 4. The molecule has 1 aliphatic rings. The van der Waals surface area contributed by atoms with E-state index in [2.05, 4.69) is 5.92 Å². The van der Waals surface area contributed by atoms with Crippen molar-refractivity contribution in [1.29, 1.82) is 0 Å². The fourth-order valence-electron chi connectivity index (χ4n) is 2.70. The van der Waals surface area contributed by atoms with Gasteiger partial charge in [0.1, 0.15) is 12.7 Å². The molecule has 10 nitrogen and oxygen atoms in total. The molecule has 0 amide bonds. The van der Waals surface area contributed by atoms with Gasteiger partial charge in [-0.15, -0.1) is 12.3 Å². The smallest absolute Gasteiger partial charge is 0.303 e. The minimum absolute atomic E-state index is 0.165. The highest BCUT2D eigenvalue weighted by molar-refractivity contribution is 5.68. The van der Waals surface area contributed by atoms with Crippen LogP contribution in [0.1, 0.15) is 40.5 Å². The minimum atomic E-state index is -1.24. The molecule has 0 aromatic rings. The Morgan fingerprint density at radius 2 is 1.41 bits per heavy atom. The third-order valence-electron chi connectivity index (χ3n) is 3.70. The van der Waals surface area contributed by atoms with Crippen molar-refractivity contribution in [3.05, 3.63) is 0 Å². The first-order valence-corrected chi connectivity index (χ1v) is 9.01. The van der Waals surface area contributed by atoms with Crippen molar-refractivity contribution in [2.75, 3.05) is 13.2 Å². The molecule has 0 N–H and O–H groups in total. The summed E-state index contributed by atoms with van der Waals surface area (Å²) in [6, 6.07) is 0. The standard InChI is InChI=1S/C19H26O10/c1-6-7-8-9-24-19-18(28-14(5)23)17(27-13(4)22)16(26-12(3)21)15(29-19)10-25-11(2)20/h1,15-19H,7-10H2,2-5H3/t15-,16-,17+,18-,19?/m1/s1. The van der Waals surface area contributed by atoms with Gasteiger partial charge in [-0.25, -0.2) is 0 Å². The van der Waals surface area contributed by atoms with Crippen molar-refractivity contribution < 1.29 is 47.6 Å². The van der Waals surface area contributed by atoms with Crippen molar-refractivity contribution in [3.63, 3.8) is 0 Å². The predicted molar refractivity (Wildman–Crippen MR) is 96.0 cm³/mol. The Hall–Kier alpha value is -2.64. The lowest BCUT2D eigenvalue weighted by molar-refractivity contribution is -0.308. The molecule has 5 atom stereocenters. The largest absolute Gasteiger partial charge is 0.463 e. The maximum Gasteiger partial charge on any atom is 0.303 e. The van der Waals surface area contributed by atoms with Gasteiger partial charge in [-0.2, -0.15) is 0 Å². The van der Waals surface area contributed by atoms with Gasteiger partial charge in [0, 0.05) is 34.1 Å². The SMILES string of the molecule is C#CCCCOC1O[C@H](COC(C)=O)[C@@H](OC(C)=O)[C@H](OC(C)=O)[C@H]1OC(C)=O. The molecule has 1 aliphatic heterocycles. The maximum atomic E-state index is 11.7. The summed E-state index contributed by atoms with van der Waals surface area (Å²) in [6.07, 6.45) is 0.293. The van der Waals surface area contributed by atoms with E-state index in [9.17, 15) is 19.2 Å². The topological polar surface area (TPSA) is 124 Å².